The van der Waals surface area contributed by atoms with Crippen LogP contribution in [0.4, 0.5) is 4.79 Å². The number of aliphatic hydroxyl groups is 1. The van der Waals surface area contributed by atoms with Crippen molar-refractivity contribution in [1.82, 2.24) is 10.2 Å². The van der Waals surface area contributed by atoms with Crippen molar-refractivity contribution in [2.45, 2.75) is 38.5 Å². The quantitative estimate of drug-likeness (QED) is 0.837. The molecule has 18 heavy (non-hydrogen) atoms. The minimum Gasteiger partial charge on any atom is -0.391 e. The molecule has 1 aliphatic rings. The summed E-state index contributed by atoms with van der Waals surface area (Å²) < 4.78 is 0. The van der Waals surface area contributed by atoms with Gasteiger partial charge >= 0.3 is 6.03 Å². The van der Waals surface area contributed by atoms with E-state index in [1.807, 2.05) is 44.2 Å². The van der Waals surface area contributed by atoms with Crippen LogP contribution in [0.25, 0.3) is 0 Å². The van der Waals surface area contributed by atoms with E-state index >= 15 is 0 Å². The standard InChI is InChI=1S/C14H20N2O2/c1-14(2)12(17)8-9-16(14)13(18)15-10-11-6-4-3-5-7-11/h3-7,12,17H,8-10H2,1-2H3,(H,15,18). The van der Waals surface area contributed by atoms with Crippen molar-refractivity contribution in [3.8, 4) is 0 Å². The zero-order chi connectivity index (χ0) is 13.2. The van der Waals surface area contributed by atoms with Crippen LogP contribution < -0.4 is 5.32 Å². The number of urea groups is 1. The number of nitrogens with zero attached hydrogens (tertiary/aromatic N) is 1. The van der Waals surface area contributed by atoms with Crippen LogP contribution in [0.1, 0.15) is 25.8 Å². The summed E-state index contributed by atoms with van der Waals surface area (Å²) in [7, 11) is 0. The molecule has 2 amide bonds. The van der Waals surface area contributed by atoms with Crippen molar-refractivity contribution in [2.75, 3.05) is 6.54 Å². The molecule has 0 aromatic heterocycles. The van der Waals surface area contributed by atoms with Crippen LogP contribution in [0.15, 0.2) is 30.3 Å². The summed E-state index contributed by atoms with van der Waals surface area (Å²) in [5, 5.41) is 12.7. The van der Waals surface area contributed by atoms with E-state index in [9.17, 15) is 9.90 Å². The second kappa shape index (κ2) is 4.98. The predicted molar refractivity (Wildman–Crippen MR) is 70.1 cm³/mol. The van der Waals surface area contributed by atoms with E-state index in [4.69, 9.17) is 0 Å². The average Bonchev–Trinajstić information content (AvgIpc) is 2.63. The molecule has 1 aliphatic heterocycles. The molecule has 1 aromatic carbocycles. The van der Waals surface area contributed by atoms with Crippen LogP contribution >= 0.6 is 0 Å². The summed E-state index contributed by atoms with van der Waals surface area (Å²) in [5.74, 6) is 0. The molecule has 0 radical (unpaired) electrons. The minimum atomic E-state index is -0.485. The number of hydrogen-bond acceptors (Lipinski definition) is 2. The lowest BCUT2D eigenvalue weighted by atomic mass is 9.99. The number of carbonyl (C=O) groups is 1. The van der Waals surface area contributed by atoms with Crippen LogP contribution in [0.2, 0.25) is 0 Å². The molecule has 0 bridgehead atoms. The van der Waals surface area contributed by atoms with Gasteiger partial charge in [-0.25, -0.2) is 4.79 Å². The molecule has 1 saturated heterocycles. The van der Waals surface area contributed by atoms with Crippen LogP contribution in [-0.4, -0.2) is 34.2 Å². The first kappa shape index (κ1) is 12.9. The molecule has 2 N–H and O–H groups in total. The zero-order valence-electron chi connectivity index (χ0n) is 10.9. The van der Waals surface area contributed by atoms with Gasteiger partial charge in [-0.15, -0.1) is 0 Å². The van der Waals surface area contributed by atoms with E-state index in [1.165, 1.54) is 0 Å². The number of nitrogens with one attached hydrogen (secondary N) is 1. The number of aliphatic hydroxyl groups excluding tert-OH is 1. The molecule has 98 valence electrons. The fourth-order valence-corrected chi connectivity index (χ4v) is 2.30. The molecule has 1 fully saturated rings. The Balaban J connectivity index is 1.93. The van der Waals surface area contributed by atoms with Crippen LogP contribution in [0.3, 0.4) is 0 Å². The van der Waals surface area contributed by atoms with Crippen molar-refractivity contribution < 1.29 is 9.90 Å². The minimum absolute atomic E-state index is 0.111. The average molecular weight is 248 g/mol. The molecule has 1 unspecified atom stereocenters. The zero-order valence-corrected chi connectivity index (χ0v) is 10.9. The number of hydrogen-bond donors (Lipinski definition) is 2. The highest BCUT2D eigenvalue weighted by atomic mass is 16.3. The number of amides is 2. The molecule has 0 aliphatic carbocycles. The SMILES string of the molecule is CC1(C)C(O)CCN1C(=O)NCc1ccccc1. The summed E-state index contributed by atoms with van der Waals surface area (Å²) in [6.45, 7) is 4.91. The fourth-order valence-electron chi connectivity index (χ4n) is 2.30. The summed E-state index contributed by atoms with van der Waals surface area (Å²) in [4.78, 5) is 13.8. The van der Waals surface area contributed by atoms with Gasteiger partial charge in [0.2, 0.25) is 0 Å². The molecule has 0 spiro atoms. The third-order valence-corrected chi connectivity index (χ3v) is 3.67. The highest BCUT2D eigenvalue weighted by molar-refractivity contribution is 5.75. The molecule has 2 rings (SSSR count). The lowest BCUT2D eigenvalue weighted by Gasteiger charge is -2.33. The first-order chi connectivity index (χ1) is 8.51. The van der Waals surface area contributed by atoms with Gasteiger partial charge in [-0.2, -0.15) is 0 Å². The van der Waals surface area contributed by atoms with Gasteiger partial charge in [0.05, 0.1) is 11.6 Å². The first-order valence-electron chi connectivity index (χ1n) is 6.29. The Kier molecular flexibility index (Phi) is 3.57. The van der Waals surface area contributed by atoms with E-state index in [-0.39, 0.29) is 6.03 Å². The van der Waals surface area contributed by atoms with E-state index in [0.717, 1.165) is 5.56 Å². The molecule has 4 nitrogen and oxygen atoms in total. The first-order valence-corrected chi connectivity index (χ1v) is 6.29. The van der Waals surface area contributed by atoms with Gasteiger partial charge in [-0.05, 0) is 25.8 Å². The van der Waals surface area contributed by atoms with E-state index in [0.29, 0.717) is 19.5 Å². The molecule has 0 saturated carbocycles. The monoisotopic (exact) mass is 248 g/mol. The van der Waals surface area contributed by atoms with Gasteiger partial charge < -0.3 is 15.3 Å². The van der Waals surface area contributed by atoms with E-state index < -0.39 is 11.6 Å². The topological polar surface area (TPSA) is 52.6 Å². The lowest BCUT2D eigenvalue weighted by Crippen LogP contribution is -2.51. The third kappa shape index (κ3) is 2.48. The van der Waals surface area contributed by atoms with E-state index in [1.54, 1.807) is 4.90 Å². The van der Waals surface area contributed by atoms with Crippen molar-refractivity contribution in [3.63, 3.8) is 0 Å². The Morgan fingerprint density at radius 1 is 1.44 bits per heavy atom. The molecular formula is C14H20N2O2. The van der Waals surface area contributed by atoms with Gasteiger partial charge in [-0.3, -0.25) is 0 Å². The maximum absolute atomic E-state index is 12.1. The van der Waals surface area contributed by atoms with Crippen molar-refractivity contribution in [1.29, 1.82) is 0 Å². The van der Waals surface area contributed by atoms with E-state index in [2.05, 4.69) is 5.32 Å². The van der Waals surface area contributed by atoms with Gasteiger partial charge in [-0.1, -0.05) is 30.3 Å². The van der Waals surface area contributed by atoms with Gasteiger partial charge in [0, 0.05) is 13.1 Å². The highest BCUT2D eigenvalue weighted by Gasteiger charge is 2.42. The largest absolute Gasteiger partial charge is 0.391 e. The van der Waals surface area contributed by atoms with Crippen molar-refractivity contribution in [2.24, 2.45) is 0 Å². The highest BCUT2D eigenvalue weighted by Crippen LogP contribution is 2.28. The third-order valence-electron chi connectivity index (χ3n) is 3.67. The van der Waals surface area contributed by atoms with Crippen LogP contribution in [-0.2, 0) is 6.54 Å². The number of rotatable bonds is 2. The second-order valence-electron chi connectivity index (χ2n) is 5.25. The maximum atomic E-state index is 12.1. The Morgan fingerprint density at radius 2 is 2.11 bits per heavy atom. The number of carbonyl (C=O) groups excluding carboxylic acids is 1. The smallest absolute Gasteiger partial charge is 0.318 e. The van der Waals surface area contributed by atoms with Crippen molar-refractivity contribution in [3.05, 3.63) is 35.9 Å². The fraction of sp³-hybridized carbons (Fsp3) is 0.500. The molecule has 1 aromatic rings. The molecule has 1 heterocycles. The Bertz CT molecular complexity index is 417. The van der Waals surface area contributed by atoms with Crippen molar-refractivity contribution >= 4 is 6.03 Å². The van der Waals surface area contributed by atoms with Gasteiger partial charge in [0.1, 0.15) is 0 Å². The number of likely N-dealkylation sites (tertiary alicyclic amines) is 1. The summed E-state index contributed by atoms with van der Waals surface area (Å²) >= 11 is 0. The van der Waals surface area contributed by atoms with Crippen LogP contribution in [0, 0.1) is 0 Å². The summed E-state index contributed by atoms with van der Waals surface area (Å²) in [5.41, 5.74) is 0.587. The number of benzene rings is 1. The second-order valence-corrected chi connectivity index (χ2v) is 5.25. The predicted octanol–water partition coefficient (Wildman–Crippen LogP) is 1.74. The van der Waals surface area contributed by atoms with Gasteiger partial charge in [0.15, 0.2) is 0 Å². The lowest BCUT2D eigenvalue weighted by molar-refractivity contribution is 0.0696. The Morgan fingerprint density at radius 3 is 2.67 bits per heavy atom. The Labute approximate surface area is 108 Å². The Hall–Kier alpha value is -1.55. The molecule has 4 heteroatoms. The van der Waals surface area contributed by atoms with Gasteiger partial charge in [0.25, 0.3) is 0 Å². The molecule has 1 atom stereocenters. The normalized spacial score (nSPS) is 21.9. The summed E-state index contributed by atoms with van der Waals surface area (Å²) in [6, 6.07) is 9.69. The van der Waals surface area contributed by atoms with Crippen LogP contribution in [0.5, 0.6) is 0 Å². The summed E-state index contributed by atoms with van der Waals surface area (Å²) in [6.07, 6.45) is 0.200. The molecular weight excluding hydrogens is 228 g/mol. The maximum Gasteiger partial charge on any atom is 0.318 e.